The number of thiophene rings is 1. The highest BCUT2D eigenvalue weighted by molar-refractivity contribution is 7.25. The first-order valence-corrected chi connectivity index (χ1v) is 12.0. The predicted molar refractivity (Wildman–Crippen MR) is 141 cm³/mol. The number of hydrogen-bond donors (Lipinski definition) is 0. The molecule has 0 amide bonds. The minimum absolute atomic E-state index is 0.926. The van der Waals surface area contributed by atoms with Crippen LogP contribution in [-0.4, -0.2) is 9.55 Å². The second-order valence-electron chi connectivity index (χ2n) is 8.52. The first kappa shape index (κ1) is 18.6. The van der Waals surface area contributed by atoms with E-state index in [4.69, 9.17) is 0 Å². The van der Waals surface area contributed by atoms with Crippen molar-refractivity contribution in [2.45, 2.75) is 6.42 Å². The molecular formula is C30H20N2S. The Morgan fingerprint density at radius 3 is 2.24 bits per heavy atom. The van der Waals surface area contributed by atoms with Crippen LogP contribution in [0, 0.1) is 0 Å². The molecule has 0 radical (unpaired) electrons. The number of pyridine rings is 1. The summed E-state index contributed by atoms with van der Waals surface area (Å²) in [6.45, 7) is 0. The zero-order valence-corrected chi connectivity index (χ0v) is 18.7. The van der Waals surface area contributed by atoms with Gasteiger partial charge in [0.25, 0.3) is 0 Å². The molecule has 7 rings (SSSR count). The van der Waals surface area contributed by atoms with E-state index in [0.29, 0.717) is 0 Å². The van der Waals surface area contributed by atoms with E-state index in [1.54, 1.807) is 0 Å². The molecule has 0 N–H and O–H groups in total. The Labute approximate surface area is 195 Å². The van der Waals surface area contributed by atoms with Crippen LogP contribution in [-0.2, 0) is 6.42 Å². The van der Waals surface area contributed by atoms with E-state index in [9.17, 15) is 0 Å². The van der Waals surface area contributed by atoms with E-state index in [1.807, 2.05) is 23.7 Å². The number of aromatic nitrogens is 2. The van der Waals surface area contributed by atoms with Crippen LogP contribution < -0.4 is 0 Å². The van der Waals surface area contributed by atoms with Gasteiger partial charge in [-0.25, -0.2) is 0 Å². The topological polar surface area (TPSA) is 17.8 Å². The Bertz CT molecular complexity index is 1730. The summed E-state index contributed by atoms with van der Waals surface area (Å²) < 4.78 is 5.02. The normalized spacial score (nSPS) is 11.8. The molecule has 2 nitrogen and oxygen atoms in total. The van der Waals surface area contributed by atoms with Crippen molar-refractivity contribution in [2.24, 2.45) is 0 Å². The van der Waals surface area contributed by atoms with Crippen LogP contribution in [0.5, 0.6) is 0 Å². The van der Waals surface area contributed by atoms with E-state index in [1.165, 1.54) is 47.6 Å². The molecule has 0 saturated heterocycles. The Hall–Kier alpha value is -3.95. The monoisotopic (exact) mass is 440 g/mol. The van der Waals surface area contributed by atoms with E-state index in [-0.39, 0.29) is 0 Å². The fourth-order valence-electron chi connectivity index (χ4n) is 4.98. The molecule has 0 bridgehead atoms. The highest BCUT2D eigenvalue weighted by Crippen LogP contribution is 2.35. The SMILES string of the molecule is c1ccc2c(c1)sc1ccc(Cc3ccc(-n4c5ccccc5c5ccncc54)cc3)cc12. The maximum absolute atomic E-state index is 4.39. The average Bonchev–Trinajstić information content (AvgIpc) is 3.40. The summed E-state index contributed by atoms with van der Waals surface area (Å²) in [5.41, 5.74) is 6.18. The standard InChI is InChI=1S/C30H20N2S/c1-3-7-27-23(5-1)24-15-16-31-19-28(24)32(27)22-12-9-20(10-13-22)17-21-11-14-30-26(18-21)25-6-2-4-8-29(25)33-30/h1-16,18-19H,17H2. The molecule has 0 unspecified atom stereocenters. The zero-order valence-electron chi connectivity index (χ0n) is 17.9. The van der Waals surface area contributed by atoms with Crippen LogP contribution in [0.4, 0.5) is 0 Å². The van der Waals surface area contributed by atoms with Gasteiger partial charge in [-0.1, -0.05) is 54.6 Å². The van der Waals surface area contributed by atoms with E-state index < -0.39 is 0 Å². The van der Waals surface area contributed by atoms with Crippen LogP contribution in [0.3, 0.4) is 0 Å². The Kier molecular flexibility index (Phi) is 4.11. The van der Waals surface area contributed by atoms with Gasteiger partial charge >= 0.3 is 0 Å². The number of nitrogens with zero attached hydrogens (tertiary/aromatic N) is 2. The van der Waals surface area contributed by atoms with Crippen molar-refractivity contribution < 1.29 is 0 Å². The summed E-state index contributed by atoms with van der Waals surface area (Å²) in [5.74, 6) is 0. The van der Waals surface area contributed by atoms with Gasteiger partial charge in [0.15, 0.2) is 0 Å². The van der Waals surface area contributed by atoms with E-state index in [0.717, 1.165) is 17.6 Å². The summed E-state index contributed by atoms with van der Waals surface area (Å²) in [7, 11) is 0. The molecule has 0 fully saturated rings. The fraction of sp³-hybridized carbons (Fsp3) is 0.0333. The third-order valence-electron chi connectivity index (χ3n) is 6.52. The minimum Gasteiger partial charge on any atom is -0.308 e. The third kappa shape index (κ3) is 2.97. The van der Waals surface area contributed by atoms with E-state index in [2.05, 4.69) is 107 Å². The Morgan fingerprint density at radius 2 is 1.33 bits per heavy atom. The lowest BCUT2D eigenvalue weighted by Gasteiger charge is -2.09. The number of fused-ring (bicyclic) bond motifs is 6. The molecule has 3 aromatic heterocycles. The maximum atomic E-state index is 4.39. The van der Waals surface area contributed by atoms with Crippen molar-refractivity contribution in [1.82, 2.24) is 9.55 Å². The van der Waals surface area contributed by atoms with Crippen LogP contribution in [0.2, 0.25) is 0 Å². The summed E-state index contributed by atoms with van der Waals surface area (Å²) in [6.07, 6.45) is 4.76. The molecule has 0 aliphatic carbocycles. The lowest BCUT2D eigenvalue weighted by atomic mass is 10.0. The Balaban J connectivity index is 1.27. The van der Waals surface area contributed by atoms with Crippen molar-refractivity contribution in [3.63, 3.8) is 0 Å². The van der Waals surface area contributed by atoms with Gasteiger partial charge in [0, 0.05) is 42.8 Å². The molecule has 156 valence electrons. The fourth-order valence-corrected chi connectivity index (χ4v) is 6.06. The van der Waals surface area contributed by atoms with Crippen LogP contribution in [0.15, 0.2) is 109 Å². The smallest absolute Gasteiger partial charge is 0.0724 e. The zero-order chi connectivity index (χ0) is 21.8. The molecule has 0 saturated carbocycles. The molecule has 7 aromatic rings. The van der Waals surface area contributed by atoms with Crippen LogP contribution in [0.25, 0.3) is 47.7 Å². The van der Waals surface area contributed by atoms with Gasteiger partial charge in [0.2, 0.25) is 0 Å². The van der Waals surface area contributed by atoms with Gasteiger partial charge < -0.3 is 4.57 Å². The minimum atomic E-state index is 0.926. The highest BCUT2D eigenvalue weighted by atomic mass is 32.1. The number of benzene rings is 4. The summed E-state index contributed by atoms with van der Waals surface area (Å²) in [6, 6.07) is 35.2. The molecule has 3 heteroatoms. The van der Waals surface area contributed by atoms with Gasteiger partial charge in [0.1, 0.15) is 0 Å². The molecule has 0 atom stereocenters. The van der Waals surface area contributed by atoms with Crippen molar-refractivity contribution in [3.05, 3.63) is 121 Å². The van der Waals surface area contributed by atoms with E-state index >= 15 is 0 Å². The van der Waals surface area contributed by atoms with Gasteiger partial charge in [-0.05, 0) is 60.0 Å². The third-order valence-corrected chi connectivity index (χ3v) is 7.67. The van der Waals surface area contributed by atoms with Crippen LogP contribution in [0.1, 0.15) is 11.1 Å². The second-order valence-corrected chi connectivity index (χ2v) is 9.60. The highest BCUT2D eigenvalue weighted by Gasteiger charge is 2.12. The molecular weight excluding hydrogens is 420 g/mol. The summed E-state index contributed by atoms with van der Waals surface area (Å²) >= 11 is 1.87. The van der Waals surface area contributed by atoms with Gasteiger partial charge in [-0.3, -0.25) is 4.98 Å². The molecule has 3 heterocycles. The van der Waals surface area contributed by atoms with Crippen molar-refractivity contribution >= 4 is 53.3 Å². The van der Waals surface area contributed by atoms with Gasteiger partial charge in [-0.15, -0.1) is 11.3 Å². The molecule has 0 spiro atoms. The number of para-hydroxylation sites is 1. The van der Waals surface area contributed by atoms with Crippen LogP contribution >= 0.6 is 11.3 Å². The quantitative estimate of drug-likeness (QED) is 0.271. The number of rotatable bonds is 3. The second kappa shape index (κ2) is 7.29. The average molecular weight is 441 g/mol. The number of hydrogen-bond acceptors (Lipinski definition) is 2. The first-order chi connectivity index (χ1) is 16.3. The molecule has 0 aliphatic heterocycles. The molecule has 33 heavy (non-hydrogen) atoms. The van der Waals surface area contributed by atoms with Crippen molar-refractivity contribution in [2.75, 3.05) is 0 Å². The summed E-state index contributed by atoms with van der Waals surface area (Å²) in [4.78, 5) is 4.39. The largest absolute Gasteiger partial charge is 0.308 e. The molecule has 0 aliphatic rings. The summed E-state index contributed by atoms with van der Waals surface area (Å²) in [5, 5.41) is 5.22. The van der Waals surface area contributed by atoms with Crippen molar-refractivity contribution in [1.29, 1.82) is 0 Å². The Morgan fingerprint density at radius 1 is 0.606 bits per heavy atom. The van der Waals surface area contributed by atoms with Crippen molar-refractivity contribution in [3.8, 4) is 5.69 Å². The van der Waals surface area contributed by atoms with Gasteiger partial charge in [-0.2, -0.15) is 0 Å². The van der Waals surface area contributed by atoms with Gasteiger partial charge in [0.05, 0.1) is 17.2 Å². The predicted octanol–water partition coefficient (Wildman–Crippen LogP) is 8.14. The maximum Gasteiger partial charge on any atom is 0.0724 e. The lowest BCUT2D eigenvalue weighted by Crippen LogP contribution is -1.95. The molecule has 4 aromatic carbocycles. The lowest BCUT2D eigenvalue weighted by molar-refractivity contribution is 1.14. The first-order valence-electron chi connectivity index (χ1n) is 11.2.